The number of hydrogen-bond donors (Lipinski definition) is 1. The number of carbonyl (C=O) groups is 1. The summed E-state index contributed by atoms with van der Waals surface area (Å²) < 4.78 is 5.21. The lowest BCUT2D eigenvalue weighted by atomic mass is 10.0. The van der Waals surface area contributed by atoms with Gasteiger partial charge in [-0.1, -0.05) is 42.5 Å². The summed E-state index contributed by atoms with van der Waals surface area (Å²) in [6.45, 7) is 3.88. The molecule has 0 aliphatic carbocycles. The molecule has 2 aromatic carbocycles. The molecular formula is C19H17NO3. The topological polar surface area (TPSA) is 59.3 Å². The van der Waals surface area contributed by atoms with E-state index in [1.807, 2.05) is 44.2 Å². The van der Waals surface area contributed by atoms with Crippen molar-refractivity contribution in [2.75, 3.05) is 0 Å². The van der Waals surface area contributed by atoms with E-state index in [-0.39, 0.29) is 11.6 Å². The van der Waals surface area contributed by atoms with Gasteiger partial charge in [-0.15, -0.1) is 0 Å². The Labute approximate surface area is 133 Å². The summed E-state index contributed by atoms with van der Waals surface area (Å²) in [7, 11) is 0. The summed E-state index contributed by atoms with van der Waals surface area (Å²) in [5.74, 6) is -0.430. The summed E-state index contributed by atoms with van der Waals surface area (Å²) in [6, 6.07) is 16.3. The van der Waals surface area contributed by atoms with E-state index in [2.05, 4.69) is 5.32 Å². The highest BCUT2D eigenvalue weighted by molar-refractivity contribution is 5.96. The van der Waals surface area contributed by atoms with Crippen molar-refractivity contribution < 1.29 is 9.21 Å². The Morgan fingerprint density at radius 1 is 1.09 bits per heavy atom. The number of rotatable bonds is 3. The van der Waals surface area contributed by atoms with Gasteiger partial charge in [-0.25, -0.2) is 4.79 Å². The lowest BCUT2D eigenvalue weighted by Gasteiger charge is -2.16. The molecule has 4 heteroatoms. The summed E-state index contributed by atoms with van der Waals surface area (Å²) in [4.78, 5) is 24.5. The first-order valence-electron chi connectivity index (χ1n) is 7.45. The van der Waals surface area contributed by atoms with E-state index >= 15 is 0 Å². The number of carbonyl (C=O) groups excluding carboxylic acids is 1. The zero-order valence-corrected chi connectivity index (χ0v) is 13.0. The fourth-order valence-corrected chi connectivity index (χ4v) is 2.65. The van der Waals surface area contributed by atoms with Crippen LogP contribution in [0.1, 0.15) is 34.5 Å². The molecule has 3 aromatic rings. The Morgan fingerprint density at radius 2 is 1.78 bits per heavy atom. The molecule has 0 saturated carbocycles. The maximum atomic E-state index is 12.4. The third kappa shape index (κ3) is 3.01. The van der Waals surface area contributed by atoms with Gasteiger partial charge in [0.25, 0.3) is 5.91 Å². The Kier molecular flexibility index (Phi) is 3.98. The van der Waals surface area contributed by atoms with Gasteiger partial charge >= 0.3 is 5.63 Å². The van der Waals surface area contributed by atoms with Gasteiger partial charge in [0.2, 0.25) is 0 Å². The molecule has 0 aliphatic heterocycles. The number of nitrogens with one attached hydrogen (secondary N) is 1. The molecule has 1 aromatic heterocycles. The lowest BCUT2D eigenvalue weighted by molar-refractivity contribution is 0.0936. The Balaban J connectivity index is 1.90. The minimum atomic E-state index is -0.627. The monoisotopic (exact) mass is 307 g/mol. The van der Waals surface area contributed by atoms with Crippen molar-refractivity contribution >= 4 is 16.9 Å². The third-order valence-corrected chi connectivity index (χ3v) is 3.89. The van der Waals surface area contributed by atoms with Crippen molar-refractivity contribution in [3.8, 4) is 0 Å². The van der Waals surface area contributed by atoms with E-state index in [0.29, 0.717) is 5.58 Å². The first-order chi connectivity index (χ1) is 11.1. The van der Waals surface area contributed by atoms with Gasteiger partial charge in [0, 0.05) is 5.39 Å². The number of amides is 1. The molecule has 3 rings (SSSR count). The van der Waals surface area contributed by atoms with Crippen molar-refractivity contribution in [2.45, 2.75) is 19.9 Å². The van der Waals surface area contributed by atoms with Crippen LogP contribution in [0, 0.1) is 6.92 Å². The van der Waals surface area contributed by atoms with E-state index in [9.17, 15) is 9.59 Å². The largest absolute Gasteiger partial charge is 0.422 e. The van der Waals surface area contributed by atoms with Gasteiger partial charge in [-0.05, 0) is 37.1 Å². The SMILES string of the molecule is Cc1ccccc1[C@H](C)NC(=O)c1cc2ccccc2oc1=O. The Bertz CT molecular complexity index is 927. The molecule has 0 bridgehead atoms. The number of benzene rings is 2. The van der Waals surface area contributed by atoms with Crippen molar-refractivity contribution in [3.63, 3.8) is 0 Å². The molecule has 23 heavy (non-hydrogen) atoms. The van der Waals surface area contributed by atoms with Crippen LogP contribution in [0.25, 0.3) is 11.0 Å². The second-order valence-electron chi connectivity index (χ2n) is 5.54. The zero-order chi connectivity index (χ0) is 16.4. The maximum Gasteiger partial charge on any atom is 0.349 e. The van der Waals surface area contributed by atoms with Crippen molar-refractivity contribution in [1.82, 2.24) is 5.32 Å². The van der Waals surface area contributed by atoms with E-state index < -0.39 is 11.5 Å². The van der Waals surface area contributed by atoms with E-state index in [4.69, 9.17) is 4.42 Å². The highest BCUT2D eigenvalue weighted by Crippen LogP contribution is 2.18. The van der Waals surface area contributed by atoms with E-state index in [1.165, 1.54) is 0 Å². The Morgan fingerprint density at radius 3 is 2.57 bits per heavy atom. The van der Waals surface area contributed by atoms with Gasteiger partial charge in [-0.2, -0.15) is 0 Å². The van der Waals surface area contributed by atoms with Crippen molar-refractivity contribution in [3.05, 3.63) is 81.7 Å². The van der Waals surface area contributed by atoms with Gasteiger partial charge in [0.15, 0.2) is 0 Å². The van der Waals surface area contributed by atoms with E-state index in [0.717, 1.165) is 16.5 Å². The molecule has 116 valence electrons. The summed E-state index contributed by atoms with van der Waals surface area (Å²) in [6.07, 6.45) is 0. The highest BCUT2D eigenvalue weighted by atomic mass is 16.4. The fourth-order valence-electron chi connectivity index (χ4n) is 2.65. The first-order valence-corrected chi connectivity index (χ1v) is 7.45. The molecule has 1 amide bonds. The van der Waals surface area contributed by atoms with Crippen LogP contribution in [0.5, 0.6) is 0 Å². The standard InChI is InChI=1S/C19H17NO3/c1-12-7-3-5-9-15(12)13(2)20-18(21)16-11-14-8-4-6-10-17(14)23-19(16)22/h3-11,13H,1-2H3,(H,20,21)/t13-/m0/s1. The van der Waals surface area contributed by atoms with Crippen LogP contribution in [0.2, 0.25) is 0 Å². The number of para-hydroxylation sites is 1. The maximum absolute atomic E-state index is 12.4. The van der Waals surface area contributed by atoms with Crippen LogP contribution in [0.15, 0.2) is 63.8 Å². The molecule has 0 unspecified atom stereocenters. The van der Waals surface area contributed by atoms with Crippen LogP contribution in [0.4, 0.5) is 0 Å². The Hall–Kier alpha value is -2.88. The zero-order valence-electron chi connectivity index (χ0n) is 13.0. The molecule has 0 saturated heterocycles. The average molecular weight is 307 g/mol. The van der Waals surface area contributed by atoms with E-state index in [1.54, 1.807) is 24.3 Å². The molecule has 1 N–H and O–H groups in total. The minimum Gasteiger partial charge on any atom is -0.422 e. The lowest BCUT2D eigenvalue weighted by Crippen LogP contribution is -2.30. The van der Waals surface area contributed by atoms with Gasteiger partial charge in [-0.3, -0.25) is 4.79 Å². The first kappa shape index (κ1) is 15.0. The second kappa shape index (κ2) is 6.08. The van der Waals surface area contributed by atoms with Gasteiger partial charge < -0.3 is 9.73 Å². The molecule has 0 radical (unpaired) electrons. The molecule has 0 aliphatic rings. The van der Waals surface area contributed by atoms with Crippen LogP contribution in [-0.4, -0.2) is 5.91 Å². The molecular weight excluding hydrogens is 290 g/mol. The fraction of sp³-hybridized carbons (Fsp3) is 0.158. The second-order valence-corrected chi connectivity index (χ2v) is 5.54. The van der Waals surface area contributed by atoms with Crippen LogP contribution in [-0.2, 0) is 0 Å². The van der Waals surface area contributed by atoms with Gasteiger partial charge in [0.05, 0.1) is 6.04 Å². The predicted octanol–water partition coefficient (Wildman–Crippen LogP) is 3.59. The molecule has 0 fully saturated rings. The number of hydrogen-bond acceptors (Lipinski definition) is 3. The van der Waals surface area contributed by atoms with Crippen LogP contribution in [0.3, 0.4) is 0 Å². The smallest absolute Gasteiger partial charge is 0.349 e. The molecule has 1 heterocycles. The molecule has 1 atom stereocenters. The number of aryl methyl sites for hydroxylation is 1. The van der Waals surface area contributed by atoms with Crippen molar-refractivity contribution in [1.29, 1.82) is 0 Å². The minimum absolute atomic E-state index is 0.0177. The predicted molar refractivity (Wildman–Crippen MR) is 89.5 cm³/mol. The molecule has 4 nitrogen and oxygen atoms in total. The van der Waals surface area contributed by atoms with Crippen LogP contribution < -0.4 is 10.9 Å². The summed E-state index contributed by atoms with van der Waals surface area (Å²) in [5.41, 5.74) is 1.97. The average Bonchev–Trinajstić information content (AvgIpc) is 2.54. The van der Waals surface area contributed by atoms with Gasteiger partial charge in [0.1, 0.15) is 11.1 Å². The normalized spacial score (nSPS) is 12.1. The summed E-state index contributed by atoms with van der Waals surface area (Å²) in [5, 5.41) is 3.58. The number of fused-ring (bicyclic) bond motifs is 1. The quantitative estimate of drug-likeness (QED) is 0.752. The van der Waals surface area contributed by atoms with Crippen LogP contribution >= 0.6 is 0 Å². The summed E-state index contributed by atoms with van der Waals surface area (Å²) >= 11 is 0. The van der Waals surface area contributed by atoms with Crippen molar-refractivity contribution in [2.24, 2.45) is 0 Å². The third-order valence-electron chi connectivity index (χ3n) is 3.89. The highest BCUT2D eigenvalue weighted by Gasteiger charge is 2.17. The molecule has 0 spiro atoms.